The van der Waals surface area contributed by atoms with Crippen molar-refractivity contribution >= 4 is 29.1 Å². The molecule has 20 heavy (non-hydrogen) atoms. The van der Waals surface area contributed by atoms with Gasteiger partial charge in [0, 0.05) is 23.9 Å². The van der Waals surface area contributed by atoms with Crippen molar-refractivity contribution < 1.29 is 0 Å². The van der Waals surface area contributed by atoms with Crippen LogP contribution >= 0.6 is 11.8 Å². The maximum absolute atomic E-state index is 4.60. The molecule has 0 radical (unpaired) electrons. The Hall–Kier alpha value is -1.75. The first-order valence-corrected chi connectivity index (χ1v) is 7.87. The minimum atomic E-state index is 0.813. The monoisotopic (exact) mass is 288 g/mol. The van der Waals surface area contributed by atoms with Crippen molar-refractivity contribution in [1.29, 1.82) is 0 Å². The average molecular weight is 288 g/mol. The van der Waals surface area contributed by atoms with Crippen LogP contribution in [-0.4, -0.2) is 23.3 Å². The van der Waals surface area contributed by atoms with Crippen molar-refractivity contribution in [3.05, 3.63) is 35.7 Å². The third-order valence-electron chi connectivity index (χ3n) is 3.11. The Morgan fingerprint density at radius 1 is 1.15 bits per heavy atom. The minimum absolute atomic E-state index is 0.813. The molecule has 0 aliphatic heterocycles. The molecule has 0 bridgehead atoms. The average Bonchev–Trinajstić information content (AvgIpc) is 2.49. The second-order valence-corrected chi connectivity index (χ2v) is 5.24. The third kappa shape index (κ3) is 3.04. The SMILES string of the molecule is CCc1nc(NC)c(C)c(Nc2ccccc2SC)n1. The van der Waals surface area contributed by atoms with Gasteiger partial charge < -0.3 is 10.6 Å². The lowest BCUT2D eigenvalue weighted by Gasteiger charge is -2.15. The largest absolute Gasteiger partial charge is 0.373 e. The van der Waals surface area contributed by atoms with Gasteiger partial charge in [-0.3, -0.25) is 0 Å². The molecule has 0 atom stereocenters. The van der Waals surface area contributed by atoms with E-state index in [1.54, 1.807) is 11.8 Å². The zero-order chi connectivity index (χ0) is 14.5. The lowest BCUT2D eigenvalue weighted by Crippen LogP contribution is -2.07. The van der Waals surface area contributed by atoms with Crippen LogP contribution in [0.3, 0.4) is 0 Å². The Bertz CT molecular complexity index is 598. The molecule has 0 aliphatic rings. The predicted molar refractivity (Wildman–Crippen MR) is 87.2 cm³/mol. The van der Waals surface area contributed by atoms with E-state index in [0.29, 0.717) is 0 Å². The molecule has 0 spiro atoms. The molecule has 1 aromatic carbocycles. The number of nitrogens with zero attached hydrogens (tertiary/aromatic N) is 2. The van der Waals surface area contributed by atoms with Gasteiger partial charge >= 0.3 is 0 Å². The molecule has 4 nitrogen and oxygen atoms in total. The van der Waals surface area contributed by atoms with Gasteiger partial charge in [0.1, 0.15) is 17.5 Å². The number of rotatable bonds is 5. The molecule has 1 aromatic heterocycles. The summed E-state index contributed by atoms with van der Waals surface area (Å²) in [6.07, 6.45) is 2.89. The number of aromatic nitrogens is 2. The van der Waals surface area contributed by atoms with Crippen LogP contribution in [0.1, 0.15) is 18.3 Å². The number of hydrogen-bond acceptors (Lipinski definition) is 5. The molecule has 106 valence electrons. The van der Waals surface area contributed by atoms with Crippen LogP contribution in [0, 0.1) is 6.92 Å². The summed E-state index contributed by atoms with van der Waals surface area (Å²) in [6, 6.07) is 8.24. The van der Waals surface area contributed by atoms with E-state index in [1.807, 2.05) is 26.1 Å². The van der Waals surface area contributed by atoms with E-state index in [9.17, 15) is 0 Å². The van der Waals surface area contributed by atoms with Crippen LogP contribution in [0.25, 0.3) is 0 Å². The van der Waals surface area contributed by atoms with Gasteiger partial charge in [-0.15, -0.1) is 11.8 Å². The van der Waals surface area contributed by atoms with Crippen molar-refractivity contribution in [2.75, 3.05) is 23.9 Å². The van der Waals surface area contributed by atoms with E-state index < -0.39 is 0 Å². The molecule has 0 unspecified atom stereocenters. The standard InChI is InChI=1S/C15H20N4S/c1-5-13-18-14(16-3)10(2)15(19-13)17-11-8-6-7-9-12(11)20-4/h6-9H,5H2,1-4H3,(H2,16,17,18,19). The van der Waals surface area contributed by atoms with Gasteiger partial charge in [-0.1, -0.05) is 19.1 Å². The van der Waals surface area contributed by atoms with Crippen LogP contribution in [-0.2, 0) is 6.42 Å². The Balaban J connectivity index is 2.42. The van der Waals surface area contributed by atoms with Gasteiger partial charge in [0.05, 0.1) is 5.69 Å². The highest BCUT2D eigenvalue weighted by molar-refractivity contribution is 7.98. The van der Waals surface area contributed by atoms with E-state index in [4.69, 9.17) is 0 Å². The van der Waals surface area contributed by atoms with Crippen LogP contribution < -0.4 is 10.6 Å². The summed E-state index contributed by atoms with van der Waals surface area (Å²) in [5.41, 5.74) is 2.10. The molecule has 0 saturated heterocycles. The fourth-order valence-electron chi connectivity index (χ4n) is 1.96. The quantitative estimate of drug-likeness (QED) is 0.818. The van der Waals surface area contributed by atoms with Gasteiger partial charge in [-0.2, -0.15) is 0 Å². The number of aryl methyl sites for hydroxylation is 1. The molecule has 0 saturated carbocycles. The minimum Gasteiger partial charge on any atom is -0.373 e. The molecule has 2 aromatic rings. The topological polar surface area (TPSA) is 49.8 Å². The van der Waals surface area contributed by atoms with Crippen LogP contribution in [0.5, 0.6) is 0 Å². The number of para-hydroxylation sites is 1. The lowest BCUT2D eigenvalue weighted by molar-refractivity contribution is 0.935. The van der Waals surface area contributed by atoms with Gasteiger partial charge in [0.25, 0.3) is 0 Å². The first-order chi connectivity index (χ1) is 9.69. The molecule has 0 fully saturated rings. The summed E-state index contributed by atoms with van der Waals surface area (Å²) < 4.78 is 0. The van der Waals surface area contributed by atoms with Crippen molar-refractivity contribution in [2.24, 2.45) is 0 Å². The Kier molecular flexibility index (Phi) is 4.84. The van der Waals surface area contributed by atoms with Gasteiger partial charge in [-0.05, 0) is 25.3 Å². The molecule has 0 amide bonds. The second kappa shape index (κ2) is 6.61. The first-order valence-electron chi connectivity index (χ1n) is 6.64. The van der Waals surface area contributed by atoms with E-state index in [0.717, 1.165) is 35.1 Å². The Morgan fingerprint density at radius 3 is 2.50 bits per heavy atom. The van der Waals surface area contributed by atoms with Crippen LogP contribution in [0.4, 0.5) is 17.3 Å². The maximum Gasteiger partial charge on any atom is 0.139 e. The summed E-state index contributed by atoms with van der Waals surface area (Å²) in [5, 5.41) is 6.56. The van der Waals surface area contributed by atoms with E-state index in [1.165, 1.54) is 4.90 Å². The first kappa shape index (κ1) is 14.7. The summed E-state index contributed by atoms with van der Waals surface area (Å²) in [5.74, 6) is 2.58. The summed E-state index contributed by atoms with van der Waals surface area (Å²) >= 11 is 1.72. The Morgan fingerprint density at radius 2 is 1.85 bits per heavy atom. The fraction of sp³-hybridized carbons (Fsp3) is 0.333. The number of anilines is 3. The highest BCUT2D eigenvalue weighted by Crippen LogP contribution is 2.29. The fourth-order valence-corrected chi connectivity index (χ4v) is 2.52. The number of hydrogen-bond donors (Lipinski definition) is 2. The zero-order valence-corrected chi connectivity index (χ0v) is 13.1. The number of nitrogens with one attached hydrogen (secondary N) is 2. The van der Waals surface area contributed by atoms with Crippen LogP contribution in [0.2, 0.25) is 0 Å². The molecule has 0 aliphatic carbocycles. The highest BCUT2D eigenvalue weighted by atomic mass is 32.2. The molecule has 2 N–H and O–H groups in total. The third-order valence-corrected chi connectivity index (χ3v) is 3.90. The van der Waals surface area contributed by atoms with Crippen molar-refractivity contribution in [3.8, 4) is 0 Å². The summed E-state index contributed by atoms with van der Waals surface area (Å²) in [7, 11) is 1.88. The smallest absolute Gasteiger partial charge is 0.139 e. The Labute approximate surface area is 124 Å². The second-order valence-electron chi connectivity index (χ2n) is 4.39. The molecular formula is C15H20N4S. The highest BCUT2D eigenvalue weighted by Gasteiger charge is 2.10. The summed E-state index contributed by atoms with van der Waals surface area (Å²) in [6.45, 7) is 4.08. The normalized spacial score (nSPS) is 10.4. The number of benzene rings is 1. The molecule has 5 heteroatoms. The zero-order valence-electron chi connectivity index (χ0n) is 12.3. The molecule has 2 rings (SSSR count). The van der Waals surface area contributed by atoms with E-state index >= 15 is 0 Å². The lowest BCUT2D eigenvalue weighted by atomic mass is 10.2. The molecular weight excluding hydrogens is 268 g/mol. The predicted octanol–water partition coefficient (Wildman–Crippen LogP) is 3.85. The van der Waals surface area contributed by atoms with Gasteiger partial charge in [-0.25, -0.2) is 9.97 Å². The van der Waals surface area contributed by atoms with Crippen LogP contribution in [0.15, 0.2) is 29.2 Å². The van der Waals surface area contributed by atoms with Gasteiger partial charge in [0.2, 0.25) is 0 Å². The maximum atomic E-state index is 4.60. The molecule has 1 heterocycles. The van der Waals surface area contributed by atoms with Crippen molar-refractivity contribution in [2.45, 2.75) is 25.2 Å². The number of thioether (sulfide) groups is 1. The van der Waals surface area contributed by atoms with E-state index in [2.05, 4.69) is 45.9 Å². The summed E-state index contributed by atoms with van der Waals surface area (Å²) in [4.78, 5) is 10.3. The van der Waals surface area contributed by atoms with E-state index in [-0.39, 0.29) is 0 Å². The van der Waals surface area contributed by atoms with Crippen molar-refractivity contribution in [3.63, 3.8) is 0 Å². The van der Waals surface area contributed by atoms with Crippen molar-refractivity contribution in [1.82, 2.24) is 9.97 Å². The van der Waals surface area contributed by atoms with Gasteiger partial charge in [0.15, 0.2) is 0 Å².